The summed E-state index contributed by atoms with van der Waals surface area (Å²) >= 11 is 0. The summed E-state index contributed by atoms with van der Waals surface area (Å²) in [4.78, 5) is 27.5. The first kappa shape index (κ1) is 37.4. The highest BCUT2D eigenvalue weighted by atomic mass is 16.6. The van der Waals surface area contributed by atoms with Gasteiger partial charge in [-0.3, -0.25) is 4.79 Å². The Bertz CT molecular complexity index is 2330. The van der Waals surface area contributed by atoms with Crippen LogP contribution in [-0.2, 0) is 22.6 Å². The van der Waals surface area contributed by atoms with Gasteiger partial charge in [-0.15, -0.1) is 5.92 Å². The van der Waals surface area contributed by atoms with Crippen LogP contribution in [0.25, 0.3) is 11.0 Å². The van der Waals surface area contributed by atoms with Crippen LogP contribution in [0.2, 0.25) is 0 Å². The van der Waals surface area contributed by atoms with Gasteiger partial charge in [0, 0.05) is 54.6 Å². The highest BCUT2D eigenvalue weighted by Gasteiger charge is 2.52. The summed E-state index contributed by atoms with van der Waals surface area (Å²) in [5.74, 6) is 4.40. The number of rotatable bonds is 8. The van der Waals surface area contributed by atoms with Gasteiger partial charge in [0.05, 0.1) is 30.1 Å². The number of phenols is 2. The minimum Gasteiger partial charge on any atom is -0.508 e. The van der Waals surface area contributed by atoms with E-state index in [9.17, 15) is 30.0 Å². The summed E-state index contributed by atoms with van der Waals surface area (Å²) in [6, 6.07) is 7.88. The van der Waals surface area contributed by atoms with Crippen molar-refractivity contribution in [2.24, 2.45) is 17.4 Å². The zero-order valence-electron chi connectivity index (χ0n) is 30.5. The number of allylic oxidation sites excluding steroid dienone is 5. The van der Waals surface area contributed by atoms with E-state index in [0.717, 1.165) is 11.6 Å². The van der Waals surface area contributed by atoms with E-state index >= 15 is 0 Å². The summed E-state index contributed by atoms with van der Waals surface area (Å²) < 4.78 is 19.7. The molecule has 0 radical (unpaired) electrons. The lowest BCUT2D eigenvalue weighted by atomic mass is 9.70. The number of carbonyl (C=O) groups excluding carboxylic acids is 1. The van der Waals surface area contributed by atoms with E-state index in [4.69, 9.17) is 25.4 Å². The molecule has 4 aliphatic heterocycles. The number of dihydropyridines is 2. The third-order valence-corrected chi connectivity index (χ3v) is 10.9. The standard InChI is InChI=1S/C42H44N4O9/c1-3-23(20-47)41(52)54-32-18-30-38(51)36-31(50)17-28(21-48)53-40(36)37-35(25-12-13-45-34(44)16-25)29(24-6-4-8-27(49)15-24)9-5-7-26(42(32,2)55-39(30)37)14-22-10-11-33(43)46-19-22/h3-4,6,8,10-12,15-17,19,26,29,32-33,35,45-49,51H,7,13-14,18,20-21,43-44H2,1-2H3/b23-3-/t26-,29-,32-,33?,35+,42+/m1/s1. The van der Waals surface area contributed by atoms with Crippen molar-refractivity contribution in [2.45, 2.75) is 69.4 Å². The Morgan fingerprint density at radius 1 is 1.22 bits per heavy atom. The van der Waals surface area contributed by atoms with Crippen molar-refractivity contribution in [1.29, 1.82) is 0 Å². The number of esters is 1. The molecular formula is C42H44N4O9. The van der Waals surface area contributed by atoms with Gasteiger partial charge in [0.15, 0.2) is 5.43 Å². The molecular weight excluding hydrogens is 704 g/mol. The van der Waals surface area contributed by atoms with E-state index < -0.39 is 59.8 Å². The molecule has 0 saturated carbocycles. The summed E-state index contributed by atoms with van der Waals surface area (Å²) in [7, 11) is 0. The van der Waals surface area contributed by atoms with Crippen molar-refractivity contribution in [3.63, 3.8) is 0 Å². The first-order valence-electron chi connectivity index (χ1n) is 18.1. The molecule has 1 aromatic heterocycles. The molecule has 1 unspecified atom stereocenters. The zero-order chi connectivity index (χ0) is 39.0. The normalized spacial score (nSPS) is 25.9. The van der Waals surface area contributed by atoms with Crippen molar-refractivity contribution >= 4 is 16.9 Å². The molecule has 286 valence electrons. The number of aliphatic hydroxyl groups excluding tert-OH is 2. The number of aliphatic hydroxyl groups is 2. The fraction of sp³-hybridized carbons (Fsp3) is 0.333. The number of benzene rings is 2. The van der Waals surface area contributed by atoms with Gasteiger partial charge >= 0.3 is 5.97 Å². The van der Waals surface area contributed by atoms with Crippen LogP contribution in [0.15, 0.2) is 98.7 Å². The molecule has 5 heterocycles. The number of carbonyl (C=O) groups is 1. The first-order chi connectivity index (χ1) is 26.4. The second kappa shape index (κ2) is 15.1. The van der Waals surface area contributed by atoms with Crippen LogP contribution in [0.5, 0.6) is 17.2 Å². The summed E-state index contributed by atoms with van der Waals surface area (Å²) in [6.07, 6.45) is 9.90. The van der Waals surface area contributed by atoms with E-state index in [-0.39, 0.29) is 58.4 Å². The van der Waals surface area contributed by atoms with Gasteiger partial charge in [-0.2, -0.15) is 0 Å². The van der Waals surface area contributed by atoms with Crippen LogP contribution in [-0.4, -0.2) is 57.4 Å². The number of hydrogen-bond donors (Lipinski definition) is 8. The first-order valence-corrected chi connectivity index (χ1v) is 18.1. The Kier molecular flexibility index (Phi) is 10.2. The van der Waals surface area contributed by atoms with Crippen LogP contribution in [0.1, 0.15) is 61.0 Å². The van der Waals surface area contributed by atoms with Gasteiger partial charge < -0.3 is 56.4 Å². The molecule has 6 atom stereocenters. The van der Waals surface area contributed by atoms with E-state index in [2.05, 4.69) is 22.5 Å². The molecule has 0 saturated heterocycles. The van der Waals surface area contributed by atoms with Gasteiger partial charge in [-0.1, -0.05) is 36.3 Å². The molecule has 10 N–H and O–H groups in total. The number of phenolic OH excluding ortho intramolecular Hbond substituents is 2. The number of hydrogen-bond acceptors (Lipinski definition) is 13. The zero-order valence-corrected chi connectivity index (χ0v) is 30.5. The number of nitrogens with one attached hydrogen (secondary N) is 2. The lowest BCUT2D eigenvalue weighted by Gasteiger charge is -2.48. The second-order valence-corrected chi connectivity index (χ2v) is 14.3. The highest BCUT2D eigenvalue weighted by Crippen LogP contribution is 2.55. The molecule has 7 rings (SSSR count). The fourth-order valence-electron chi connectivity index (χ4n) is 7.91. The van der Waals surface area contributed by atoms with Gasteiger partial charge in [0.1, 0.15) is 52.3 Å². The molecule has 2 aromatic carbocycles. The number of ether oxygens (including phenoxy) is 2. The van der Waals surface area contributed by atoms with Gasteiger partial charge in [-0.25, -0.2) is 4.79 Å². The Hall–Kier alpha value is -5.94. The molecule has 4 aliphatic rings. The Morgan fingerprint density at radius 2 is 2.04 bits per heavy atom. The maximum Gasteiger partial charge on any atom is 0.336 e. The number of fused-ring (bicyclic) bond motifs is 3. The second-order valence-electron chi connectivity index (χ2n) is 14.3. The van der Waals surface area contributed by atoms with Crippen LogP contribution in [0, 0.1) is 17.8 Å². The number of aromatic hydroxyl groups is 2. The van der Waals surface area contributed by atoms with Crippen LogP contribution >= 0.6 is 0 Å². The SMILES string of the molecule is C/C=C(/CO)C(=O)O[C@@H]1Cc2c3c(c4oc(CO)cc(=O)c4c2O)[C@@H](C2=CCNC(N)=C2)[C@@H](c2cccc(O)c2)C#CC[C@H](CC2=CNC(N)C=C2)[C@]1(C)O3. The van der Waals surface area contributed by atoms with E-state index in [1.54, 1.807) is 31.2 Å². The van der Waals surface area contributed by atoms with Gasteiger partial charge in [-0.05, 0) is 61.3 Å². The van der Waals surface area contributed by atoms with E-state index in [1.165, 1.54) is 6.08 Å². The maximum absolute atomic E-state index is 13.9. The quantitative estimate of drug-likeness (QED) is 0.0944. The monoisotopic (exact) mass is 748 g/mol. The Morgan fingerprint density at radius 3 is 2.73 bits per heavy atom. The van der Waals surface area contributed by atoms with Crippen molar-refractivity contribution in [3.05, 3.63) is 122 Å². The van der Waals surface area contributed by atoms with Crippen molar-refractivity contribution in [2.75, 3.05) is 13.2 Å². The van der Waals surface area contributed by atoms with Crippen molar-refractivity contribution in [3.8, 4) is 29.1 Å². The molecule has 0 amide bonds. The van der Waals surface area contributed by atoms with Crippen LogP contribution in [0.3, 0.4) is 0 Å². The minimum atomic E-state index is -1.33. The molecule has 55 heavy (non-hydrogen) atoms. The topological polar surface area (TPSA) is 223 Å². The smallest absolute Gasteiger partial charge is 0.336 e. The summed E-state index contributed by atoms with van der Waals surface area (Å²) in [6.45, 7) is 2.67. The summed E-state index contributed by atoms with van der Waals surface area (Å²) in [5, 5.41) is 49.1. The average Bonchev–Trinajstić information content (AvgIpc) is 3.16. The predicted octanol–water partition coefficient (Wildman–Crippen LogP) is 3.18. The maximum atomic E-state index is 13.9. The molecule has 13 heteroatoms. The third kappa shape index (κ3) is 6.96. The molecule has 3 aromatic rings. The highest BCUT2D eigenvalue weighted by molar-refractivity contribution is 5.92. The molecule has 2 bridgehead atoms. The van der Waals surface area contributed by atoms with E-state index in [0.29, 0.717) is 35.5 Å². The number of nitrogens with two attached hydrogens (primary N) is 2. The lowest BCUT2D eigenvalue weighted by molar-refractivity contribution is -0.165. The molecule has 0 spiro atoms. The van der Waals surface area contributed by atoms with Crippen LogP contribution in [0.4, 0.5) is 0 Å². The van der Waals surface area contributed by atoms with Crippen molar-refractivity contribution < 1.29 is 39.1 Å². The Labute approximate surface area is 317 Å². The van der Waals surface area contributed by atoms with E-state index in [1.807, 2.05) is 37.4 Å². The lowest BCUT2D eigenvalue weighted by Crippen LogP contribution is -2.56. The minimum absolute atomic E-state index is 0.0151. The van der Waals surface area contributed by atoms with Gasteiger partial charge in [0.25, 0.3) is 0 Å². The molecule has 13 nitrogen and oxygen atoms in total. The largest absolute Gasteiger partial charge is 0.508 e. The third-order valence-electron chi connectivity index (χ3n) is 10.9. The van der Waals surface area contributed by atoms with Crippen LogP contribution < -0.4 is 32.3 Å². The van der Waals surface area contributed by atoms with Crippen molar-refractivity contribution in [1.82, 2.24) is 10.6 Å². The molecule has 0 aliphatic carbocycles. The predicted molar refractivity (Wildman–Crippen MR) is 204 cm³/mol. The molecule has 0 fully saturated rings. The van der Waals surface area contributed by atoms with Gasteiger partial charge in [0.2, 0.25) is 0 Å². The Balaban J connectivity index is 1.57. The summed E-state index contributed by atoms with van der Waals surface area (Å²) in [5.41, 5.74) is 13.3. The fourth-order valence-corrected chi connectivity index (χ4v) is 7.91. The average molecular weight is 749 g/mol.